The summed E-state index contributed by atoms with van der Waals surface area (Å²) in [5.41, 5.74) is 6.70. The molecule has 1 amide bonds. The van der Waals surface area contributed by atoms with Gasteiger partial charge in [0.15, 0.2) is 0 Å². The van der Waals surface area contributed by atoms with Crippen LogP contribution in [0.25, 0.3) is 0 Å². The average Bonchev–Trinajstić information content (AvgIpc) is 2.38. The van der Waals surface area contributed by atoms with Crippen LogP contribution in [0, 0.1) is 0 Å². The molecule has 1 fully saturated rings. The van der Waals surface area contributed by atoms with E-state index in [9.17, 15) is 4.79 Å². The van der Waals surface area contributed by atoms with Crippen molar-refractivity contribution < 1.29 is 4.79 Å². The number of carbonyl (C=O) groups is 1. The summed E-state index contributed by atoms with van der Waals surface area (Å²) in [4.78, 5) is 14.2. The van der Waals surface area contributed by atoms with E-state index in [2.05, 4.69) is 0 Å². The predicted molar refractivity (Wildman–Crippen MR) is 73.6 cm³/mol. The third-order valence-electron chi connectivity index (χ3n) is 3.46. The summed E-state index contributed by atoms with van der Waals surface area (Å²) in [6.07, 6.45) is 3.69. The third kappa shape index (κ3) is 3.24. The molecule has 2 N–H and O–H groups in total. The zero-order chi connectivity index (χ0) is 13.0. The van der Waals surface area contributed by atoms with Crippen LogP contribution in [0.4, 0.5) is 0 Å². The molecular formula is C14H19ClN2O. The summed E-state index contributed by atoms with van der Waals surface area (Å²) in [7, 11) is 0. The number of amides is 1. The van der Waals surface area contributed by atoms with E-state index in [0.717, 1.165) is 24.9 Å². The topological polar surface area (TPSA) is 46.3 Å². The van der Waals surface area contributed by atoms with Crippen molar-refractivity contribution in [2.45, 2.75) is 31.7 Å². The summed E-state index contributed by atoms with van der Waals surface area (Å²) >= 11 is 5.93. The van der Waals surface area contributed by atoms with Crippen LogP contribution < -0.4 is 5.73 Å². The van der Waals surface area contributed by atoms with Gasteiger partial charge in [0, 0.05) is 24.2 Å². The molecule has 0 aliphatic carbocycles. The van der Waals surface area contributed by atoms with E-state index in [1.54, 1.807) is 0 Å². The highest BCUT2D eigenvalue weighted by Crippen LogP contribution is 2.18. The Morgan fingerprint density at radius 1 is 1.44 bits per heavy atom. The fraction of sp³-hybridized carbons (Fsp3) is 0.500. The minimum Gasteiger partial charge on any atom is -0.338 e. The Bertz CT molecular complexity index is 422. The van der Waals surface area contributed by atoms with Gasteiger partial charge in [0.05, 0.1) is 6.42 Å². The highest BCUT2D eigenvalue weighted by atomic mass is 35.5. The van der Waals surface area contributed by atoms with Crippen LogP contribution in [0.3, 0.4) is 0 Å². The van der Waals surface area contributed by atoms with Crippen molar-refractivity contribution in [3.05, 3.63) is 34.9 Å². The smallest absolute Gasteiger partial charge is 0.227 e. The largest absolute Gasteiger partial charge is 0.338 e. The molecule has 1 unspecified atom stereocenters. The Morgan fingerprint density at radius 2 is 2.28 bits per heavy atom. The van der Waals surface area contributed by atoms with Crippen molar-refractivity contribution in [2.24, 2.45) is 5.73 Å². The second kappa shape index (κ2) is 6.21. The molecule has 0 spiro atoms. The van der Waals surface area contributed by atoms with Gasteiger partial charge in [0.2, 0.25) is 5.91 Å². The predicted octanol–water partition coefficient (Wildman–Crippen LogP) is 2.22. The first-order valence-electron chi connectivity index (χ1n) is 6.44. The van der Waals surface area contributed by atoms with Crippen molar-refractivity contribution >= 4 is 17.5 Å². The number of piperidine rings is 1. The molecule has 0 aromatic heterocycles. The molecule has 18 heavy (non-hydrogen) atoms. The standard InChI is InChI=1S/C14H19ClN2O/c15-12-5-3-4-11(8-12)9-14(18)17-7-2-1-6-13(17)10-16/h3-5,8,13H,1-2,6-7,9-10,16H2. The van der Waals surface area contributed by atoms with Crippen LogP contribution in [0.15, 0.2) is 24.3 Å². The highest BCUT2D eigenvalue weighted by molar-refractivity contribution is 6.30. The summed E-state index contributed by atoms with van der Waals surface area (Å²) < 4.78 is 0. The van der Waals surface area contributed by atoms with Crippen LogP contribution in [0.2, 0.25) is 5.02 Å². The van der Waals surface area contributed by atoms with Gasteiger partial charge < -0.3 is 10.6 Å². The number of benzene rings is 1. The first-order chi connectivity index (χ1) is 8.70. The molecule has 0 saturated carbocycles. The molecule has 1 aliphatic heterocycles. The lowest BCUT2D eigenvalue weighted by atomic mass is 10.0. The zero-order valence-corrected chi connectivity index (χ0v) is 11.2. The first kappa shape index (κ1) is 13.4. The van der Waals surface area contributed by atoms with Gasteiger partial charge in [0.25, 0.3) is 0 Å². The number of halogens is 1. The van der Waals surface area contributed by atoms with Gasteiger partial charge in [-0.1, -0.05) is 23.7 Å². The maximum Gasteiger partial charge on any atom is 0.227 e. The molecule has 1 heterocycles. The molecule has 1 atom stereocenters. The van der Waals surface area contributed by atoms with Gasteiger partial charge in [-0.05, 0) is 37.0 Å². The summed E-state index contributed by atoms with van der Waals surface area (Å²) in [5.74, 6) is 0.160. The summed E-state index contributed by atoms with van der Waals surface area (Å²) in [5, 5.41) is 0.675. The van der Waals surface area contributed by atoms with Gasteiger partial charge in [0.1, 0.15) is 0 Å². The molecular weight excluding hydrogens is 248 g/mol. The summed E-state index contributed by atoms with van der Waals surface area (Å²) in [6, 6.07) is 7.69. The maximum absolute atomic E-state index is 12.3. The Kier molecular flexibility index (Phi) is 4.61. The van der Waals surface area contributed by atoms with Crippen molar-refractivity contribution in [1.29, 1.82) is 0 Å². The van der Waals surface area contributed by atoms with Crippen molar-refractivity contribution in [2.75, 3.05) is 13.1 Å². The number of hydrogen-bond donors (Lipinski definition) is 1. The lowest BCUT2D eigenvalue weighted by Gasteiger charge is -2.35. The zero-order valence-electron chi connectivity index (χ0n) is 10.4. The lowest BCUT2D eigenvalue weighted by Crippen LogP contribution is -2.48. The van der Waals surface area contributed by atoms with E-state index in [-0.39, 0.29) is 11.9 Å². The van der Waals surface area contributed by atoms with Crippen LogP contribution in [-0.2, 0) is 11.2 Å². The molecule has 4 heteroatoms. The number of nitrogens with zero attached hydrogens (tertiary/aromatic N) is 1. The molecule has 1 aliphatic rings. The number of carbonyl (C=O) groups excluding carboxylic acids is 1. The van der Waals surface area contributed by atoms with Gasteiger partial charge in [-0.25, -0.2) is 0 Å². The van der Waals surface area contributed by atoms with Crippen LogP contribution >= 0.6 is 11.6 Å². The SMILES string of the molecule is NCC1CCCCN1C(=O)Cc1cccc(Cl)c1. The van der Waals surface area contributed by atoms with E-state index in [1.807, 2.05) is 29.2 Å². The van der Waals surface area contributed by atoms with Crippen LogP contribution in [-0.4, -0.2) is 29.9 Å². The monoisotopic (exact) mass is 266 g/mol. The van der Waals surface area contributed by atoms with Crippen molar-refractivity contribution in [1.82, 2.24) is 4.90 Å². The number of nitrogens with two attached hydrogens (primary N) is 1. The van der Waals surface area contributed by atoms with Crippen molar-refractivity contribution in [3.8, 4) is 0 Å². The first-order valence-corrected chi connectivity index (χ1v) is 6.82. The van der Waals surface area contributed by atoms with E-state index in [1.165, 1.54) is 6.42 Å². The highest BCUT2D eigenvalue weighted by Gasteiger charge is 2.25. The minimum atomic E-state index is 0.160. The Morgan fingerprint density at radius 3 is 3.00 bits per heavy atom. The molecule has 1 saturated heterocycles. The molecule has 3 nitrogen and oxygen atoms in total. The van der Waals surface area contributed by atoms with Gasteiger partial charge >= 0.3 is 0 Å². The summed E-state index contributed by atoms with van der Waals surface area (Å²) in [6.45, 7) is 1.39. The molecule has 1 aromatic carbocycles. The van der Waals surface area contributed by atoms with E-state index in [0.29, 0.717) is 18.0 Å². The van der Waals surface area contributed by atoms with Gasteiger partial charge in [-0.3, -0.25) is 4.79 Å². The molecule has 1 aromatic rings. The molecule has 0 radical (unpaired) electrons. The fourth-order valence-corrected chi connectivity index (χ4v) is 2.71. The minimum absolute atomic E-state index is 0.160. The van der Waals surface area contributed by atoms with Crippen LogP contribution in [0.1, 0.15) is 24.8 Å². The van der Waals surface area contributed by atoms with E-state index < -0.39 is 0 Å². The Hall–Kier alpha value is -1.06. The number of hydrogen-bond acceptors (Lipinski definition) is 2. The molecule has 0 bridgehead atoms. The van der Waals surface area contributed by atoms with E-state index >= 15 is 0 Å². The number of rotatable bonds is 3. The molecule has 2 rings (SSSR count). The number of likely N-dealkylation sites (tertiary alicyclic amines) is 1. The second-order valence-electron chi connectivity index (χ2n) is 4.78. The Balaban J connectivity index is 2.02. The fourth-order valence-electron chi connectivity index (χ4n) is 2.50. The van der Waals surface area contributed by atoms with Crippen LogP contribution in [0.5, 0.6) is 0 Å². The van der Waals surface area contributed by atoms with Crippen molar-refractivity contribution in [3.63, 3.8) is 0 Å². The Labute approximate surface area is 113 Å². The quantitative estimate of drug-likeness (QED) is 0.912. The normalized spacial score (nSPS) is 19.9. The lowest BCUT2D eigenvalue weighted by molar-refractivity contribution is -0.133. The molecule has 98 valence electrons. The third-order valence-corrected chi connectivity index (χ3v) is 3.70. The van der Waals surface area contributed by atoms with E-state index in [4.69, 9.17) is 17.3 Å². The maximum atomic E-state index is 12.3. The second-order valence-corrected chi connectivity index (χ2v) is 5.22. The van der Waals surface area contributed by atoms with Gasteiger partial charge in [-0.2, -0.15) is 0 Å². The van der Waals surface area contributed by atoms with Gasteiger partial charge in [-0.15, -0.1) is 0 Å². The average molecular weight is 267 g/mol.